The zero-order valence-corrected chi connectivity index (χ0v) is 17.9. The maximum atomic E-state index is 11.6. The fourth-order valence-electron chi connectivity index (χ4n) is 3.60. The second-order valence-electron chi connectivity index (χ2n) is 7.60. The normalized spacial score (nSPS) is 17.6. The molecule has 1 aliphatic carbocycles. The highest BCUT2D eigenvalue weighted by Crippen LogP contribution is 2.36. The van der Waals surface area contributed by atoms with Crippen LogP contribution in [-0.4, -0.2) is 37.8 Å². The van der Waals surface area contributed by atoms with E-state index in [0.717, 1.165) is 34.6 Å². The van der Waals surface area contributed by atoms with E-state index in [4.69, 9.17) is 9.68 Å². The minimum Gasteiger partial charge on any atom is -0.444 e. The van der Waals surface area contributed by atoms with Gasteiger partial charge in [-0.15, -0.1) is 0 Å². The molecule has 4 aromatic heterocycles. The quantitative estimate of drug-likeness (QED) is 0.286. The number of carbonyl (C=O) groups excluding carboxylic acids is 1. The number of nitrogens with one attached hydrogen (secondary N) is 3. The predicted octanol–water partition coefficient (Wildman–Crippen LogP) is 3.93. The van der Waals surface area contributed by atoms with Crippen molar-refractivity contribution in [2.75, 3.05) is 5.32 Å². The Morgan fingerprint density at radius 1 is 1.31 bits per heavy atom. The van der Waals surface area contributed by atoms with Crippen LogP contribution in [0, 0.1) is 11.3 Å². The molecule has 4 aromatic rings. The first-order chi connectivity index (χ1) is 15.6. The average molecular weight is 446 g/mol. The molecule has 0 bridgehead atoms. The van der Waals surface area contributed by atoms with Crippen LogP contribution in [0.5, 0.6) is 0 Å². The van der Waals surface area contributed by atoms with Gasteiger partial charge in [0.15, 0.2) is 5.78 Å². The summed E-state index contributed by atoms with van der Waals surface area (Å²) in [5.74, 6) is 0.215. The van der Waals surface area contributed by atoms with Crippen molar-refractivity contribution in [1.82, 2.24) is 24.7 Å². The van der Waals surface area contributed by atoms with Crippen LogP contribution >= 0.6 is 11.9 Å². The molecule has 0 aromatic carbocycles. The molecule has 1 fully saturated rings. The molecule has 9 nitrogen and oxygen atoms in total. The third kappa shape index (κ3) is 3.95. The molecule has 0 aliphatic heterocycles. The summed E-state index contributed by atoms with van der Waals surface area (Å²) < 4.78 is 8.99. The van der Waals surface area contributed by atoms with Crippen LogP contribution in [0.1, 0.15) is 35.8 Å². The molecule has 0 atom stereocenters. The van der Waals surface area contributed by atoms with Crippen molar-refractivity contribution in [3.05, 3.63) is 54.3 Å². The van der Waals surface area contributed by atoms with Gasteiger partial charge in [-0.3, -0.25) is 9.52 Å². The molecule has 160 valence electrons. The van der Waals surface area contributed by atoms with Crippen molar-refractivity contribution in [2.24, 2.45) is 0 Å². The Kier molecular flexibility index (Phi) is 5.34. The molecule has 5 rings (SSSR count). The summed E-state index contributed by atoms with van der Waals surface area (Å²) in [6.45, 7) is 1.46. The SMILES string of the molecule is CC(=O)c1coc(-c2cnc3[nH]ccc3c2NC2CC(NSc3cc(C#N)ccn3)C2)n1. The topological polar surface area (TPSA) is 133 Å². The lowest BCUT2D eigenvalue weighted by Gasteiger charge is -2.37. The van der Waals surface area contributed by atoms with E-state index in [0.29, 0.717) is 28.8 Å². The van der Waals surface area contributed by atoms with Crippen molar-refractivity contribution in [2.45, 2.75) is 36.9 Å². The Morgan fingerprint density at radius 2 is 2.19 bits per heavy atom. The lowest BCUT2D eigenvalue weighted by atomic mass is 9.87. The van der Waals surface area contributed by atoms with Crippen molar-refractivity contribution < 1.29 is 9.21 Å². The molecular weight excluding hydrogens is 426 g/mol. The number of carbonyl (C=O) groups is 1. The summed E-state index contributed by atoms with van der Waals surface area (Å²) in [7, 11) is 0. The molecular formula is C22H19N7O2S. The van der Waals surface area contributed by atoms with Crippen LogP contribution in [0.25, 0.3) is 22.5 Å². The number of oxazole rings is 1. The molecule has 3 N–H and O–H groups in total. The van der Waals surface area contributed by atoms with Crippen molar-refractivity contribution in [3.8, 4) is 17.5 Å². The number of rotatable bonds is 7. The smallest absolute Gasteiger partial charge is 0.230 e. The zero-order valence-electron chi connectivity index (χ0n) is 17.1. The number of ketones is 1. The van der Waals surface area contributed by atoms with Gasteiger partial charge in [0.25, 0.3) is 0 Å². The van der Waals surface area contributed by atoms with Gasteiger partial charge in [0.1, 0.15) is 22.6 Å². The van der Waals surface area contributed by atoms with Gasteiger partial charge in [-0.1, -0.05) is 0 Å². The highest BCUT2D eigenvalue weighted by atomic mass is 32.2. The number of nitrogens with zero attached hydrogens (tertiary/aromatic N) is 4. The Hall–Kier alpha value is -3.68. The van der Waals surface area contributed by atoms with Gasteiger partial charge in [0.05, 0.1) is 22.9 Å². The van der Waals surface area contributed by atoms with Gasteiger partial charge in [-0.2, -0.15) is 5.26 Å². The van der Waals surface area contributed by atoms with E-state index in [1.807, 2.05) is 12.3 Å². The van der Waals surface area contributed by atoms with Crippen LogP contribution < -0.4 is 10.0 Å². The number of aromatic nitrogens is 4. The fraction of sp³-hybridized carbons (Fsp3) is 0.227. The van der Waals surface area contributed by atoms with Crippen LogP contribution in [0.15, 0.2) is 52.5 Å². The Bertz CT molecular complexity index is 1330. The predicted molar refractivity (Wildman–Crippen MR) is 120 cm³/mol. The molecule has 32 heavy (non-hydrogen) atoms. The molecule has 0 radical (unpaired) electrons. The first kappa shape index (κ1) is 20.2. The fourth-order valence-corrected chi connectivity index (χ4v) is 4.38. The van der Waals surface area contributed by atoms with Crippen molar-refractivity contribution in [1.29, 1.82) is 5.26 Å². The Labute approximate surface area is 187 Å². The monoisotopic (exact) mass is 445 g/mol. The highest BCUT2D eigenvalue weighted by molar-refractivity contribution is 7.97. The average Bonchev–Trinajstić information content (AvgIpc) is 3.45. The third-order valence-corrected chi connectivity index (χ3v) is 6.25. The number of nitriles is 1. The number of Topliss-reactive ketones (excluding diaryl/α,β-unsaturated/α-hetero) is 1. The minimum absolute atomic E-state index is 0.148. The van der Waals surface area contributed by atoms with Gasteiger partial charge in [0.2, 0.25) is 5.89 Å². The van der Waals surface area contributed by atoms with Crippen LogP contribution in [0.3, 0.4) is 0 Å². The summed E-state index contributed by atoms with van der Waals surface area (Å²) in [5.41, 5.74) is 3.25. The first-order valence-corrected chi connectivity index (χ1v) is 10.9. The number of hydrogen-bond acceptors (Lipinski definition) is 9. The van der Waals surface area contributed by atoms with Crippen LogP contribution in [0.4, 0.5) is 5.69 Å². The van der Waals surface area contributed by atoms with E-state index in [1.54, 1.807) is 24.5 Å². The summed E-state index contributed by atoms with van der Waals surface area (Å²) >= 11 is 1.44. The molecule has 0 spiro atoms. The van der Waals surface area contributed by atoms with E-state index in [-0.39, 0.29) is 11.8 Å². The van der Waals surface area contributed by atoms with Gasteiger partial charge >= 0.3 is 0 Å². The molecule has 1 aliphatic rings. The minimum atomic E-state index is -0.148. The number of anilines is 1. The maximum absolute atomic E-state index is 11.6. The van der Waals surface area contributed by atoms with E-state index in [9.17, 15) is 4.79 Å². The second kappa shape index (κ2) is 8.45. The van der Waals surface area contributed by atoms with Crippen molar-refractivity contribution >= 4 is 34.5 Å². The molecule has 4 heterocycles. The Morgan fingerprint density at radius 3 is 2.97 bits per heavy atom. The van der Waals surface area contributed by atoms with Crippen molar-refractivity contribution in [3.63, 3.8) is 0 Å². The first-order valence-electron chi connectivity index (χ1n) is 10.1. The third-order valence-electron chi connectivity index (χ3n) is 5.36. The lowest BCUT2D eigenvalue weighted by molar-refractivity contribution is 0.101. The zero-order chi connectivity index (χ0) is 22.1. The maximum Gasteiger partial charge on any atom is 0.230 e. The summed E-state index contributed by atoms with van der Waals surface area (Å²) in [4.78, 5) is 27.8. The Balaban J connectivity index is 1.29. The number of aromatic amines is 1. The molecule has 0 amide bonds. The molecule has 0 unspecified atom stereocenters. The molecule has 1 saturated carbocycles. The van der Waals surface area contributed by atoms with E-state index >= 15 is 0 Å². The van der Waals surface area contributed by atoms with Crippen LogP contribution in [0.2, 0.25) is 0 Å². The second-order valence-corrected chi connectivity index (χ2v) is 8.46. The largest absolute Gasteiger partial charge is 0.444 e. The van der Waals surface area contributed by atoms with Gasteiger partial charge < -0.3 is 14.7 Å². The number of H-pyrrole nitrogens is 1. The molecule has 0 saturated heterocycles. The number of hydrogen-bond donors (Lipinski definition) is 3. The van der Waals surface area contributed by atoms with Gasteiger partial charge in [-0.25, -0.2) is 15.0 Å². The summed E-state index contributed by atoms with van der Waals surface area (Å²) in [5, 5.41) is 14.3. The summed E-state index contributed by atoms with van der Waals surface area (Å²) in [6.07, 6.45) is 8.40. The van der Waals surface area contributed by atoms with E-state index in [2.05, 4.69) is 36.0 Å². The highest BCUT2D eigenvalue weighted by Gasteiger charge is 2.31. The lowest BCUT2D eigenvalue weighted by Crippen LogP contribution is -2.45. The van der Waals surface area contributed by atoms with E-state index in [1.165, 1.54) is 25.1 Å². The molecule has 10 heteroatoms. The standard InChI is InChI=1S/C22H19N7O2S/c1-12(30)18-11-31-22(28-18)17-10-26-21-16(3-5-25-21)20(17)27-14-7-15(8-14)29-32-19-6-13(9-23)2-4-24-19/h2-6,10-11,14-15,29H,7-8H2,1H3,(H2,25,26,27). The van der Waals surface area contributed by atoms with Crippen LogP contribution in [-0.2, 0) is 0 Å². The van der Waals surface area contributed by atoms with Gasteiger partial charge in [-0.05, 0) is 43.0 Å². The number of fused-ring (bicyclic) bond motifs is 1. The summed E-state index contributed by atoms with van der Waals surface area (Å²) in [6, 6.07) is 8.12. The van der Waals surface area contributed by atoms with E-state index < -0.39 is 0 Å². The van der Waals surface area contributed by atoms with Gasteiger partial charge in [0, 0.05) is 43.0 Å². The number of pyridine rings is 2.